The Kier molecular flexibility index (Phi) is 4.98. The van der Waals surface area contributed by atoms with Crippen molar-refractivity contribution < 1.29 is 13.0 Å². The maximum atomic E-state index is 10.2. The Labute approximate surface area is 75.5 Å². The lowest BCUT2D eigenvalue weighted by Gasteiger charge is -2.02. The van der Waals surface area contributed by atoms with Crippen LogP contribution < -0.4 is 5.32 Å². The van der Waals surface area contributed by atoms with Crippen molar-refractivity contribution in [3.8, 4) is 0 Å². The molecule has 0 aliphatic carbocycles. The highest BCUT2D eigenvalue weighted by Crippen LogP contribution is 1.99. The van der Waals surface area contributed by atoms with Crippen LogP contribution in [0.5, 0.6) is 0 Å². The zero-order chi connectivity index (χ0) is 8.91. The van der Waals surface area contributed by atoms with Crippen LogP contribution in [0.3, 0.4) is 0 Å². The summed E-state index contributed by atoms with van der Waals surface area (Å²) in [5.74, 6) is 0.260. The number of hydrogen-bond donors (Lipinski definition) is 2. The zero-order valence-corrected chi connectivity index (χ0v) is 8.35. The molecule has 0 aliphatic heterocycles. The summed E-state index contributed by atoms with van der Waals surface area (Å²) in [5, 5.41) is 2.38. The van der Waals surface area contributed by atoms with E-state index in [4.69, 9.17) is 16.8 Å². The van der Waals surface area contributed by atoms with E-state index in [9.17, 15) is 8.42 Å². The number of thioether (sulfide) groups is 1. The summed E-state index contributed by atoms with van der Waals surface area (Å²) in [4.78, 5) is 0. The molecule has 2 N–H and O–H groups in total. The fourth-order valence-electron chi connectivity index (χ4n) is 0.332. The molecule has 0 radical (unpaired) electrons. The van der Waals surface area contributed by atoms with E-state index in [0.29, 0.717) is 4.32 Å². The van der Waals surface area contributed by atoms with Gasteiger partial charge in [-0.2, -0.15) is 8.42 Å². The maximum absolute atomic E-state index is 10.2. The topological polar surface area (TPSA) is 66.4 Å². The van der Waals surface area contributed by atoms with E-state index >= 15 is 0 Å². The van der Waals surface area contributed by atoms with Gasteiger partial charge < -0.3 is 5.32 Å². The van der Waals surface area contributed by atoms with Crippen molar-refractivity contribution in [1.29, 1.82) is 0 Å². The van der Waals surface area contributed by atoms with Crippen molar-refractivity contribution in [1.82, 2.24) is 5.32 Å². The van der Waals surface area contributed by atoms with Crippen LogP contribution in [-0.4, -0.2) is 28.9 Å². The largest absolute Gasteiger partial charge is 0.355 e. The van der Waals surface area contributed by atoms with Crippen LogP contribution in [0.1, 0.15) is 6.92 Å². The molecule has 0 atom stereocenters. The quantitative estimate of drug-likeness (QED) is 0.526. The van der Waals surface area contributed by atoms with E-state index in [1.165, 1.54) is 11.8 Å². The molecule has 66 valence electrons. The Balaban J connectivity index is 3.64. The second kappa shape index (κ2) is 4.91. The number of hydrogen-bond acceptors (Lipinski definition) is 4. The summed E-state index contributed by atoms with van der Waals surface area (Å²) in [6.45, 7) is 1.89. The molecule has 0 rings (SSSR count). The average Bonchev–Trinajstić information content (AvgIpc) is 1.83. The molecule has 0 aromatic heterocycles. The molecule has 7 heteroatoms. The molecule has 0 unspecified atom stereocenters. The summed E-state index contributed by atoms with van der Waals surface area (Å²) in [6, 6.07) is 0. The molecule has 0 aromatic rings. The van der Waals surface area contributed by atoms with Gasteiger partial charge in [0, 0.05) is 0 Å². The van der Waals surface area contributed by atoms with Gasteiger partial charge in [-0.3, -0.25) is 4.55 Å². The SMILES string of the molecule is CCSC(=S)NCS(=O)(=O)O. The van der Waals surface area contributed by atoms with Crippen molar-refractivity contribution in [2.45, 2.75) is 6.92 Å². The smallest absolute Gasteiger partial charge is 0.283 e. The molecular weight excluding hydrogens is 206 g/mol. The highest BCUT2D eigenvalue weighted by Gasteiger charge is 2.04. The molecule has 0 heterocycles. The Hall–Kier alpha value is 0.150. The molecule has 0 amide bonds. The van der Waals surface area contributed by atoms with Crippen LogP contribution in [0.2, 0.25) is 0 Å². The van der Waals surface area contributed by atoms with E-state index in [0.717, 1.165) is 5.75 Å². The fraction of sp³-hybridized carbons (Fsp3) is 0.750. The lowest BCUT2D eigenvalue weighted by atomic mass is 11.0. The van der Waals surface area contributed by atoms with Crippen molar-refractivity contribution in [3.63, 3.8) is 0 Å². The van der Waals surface area contributed by atoms with E-state index in [1.54, 1.807) is 0 Å². The van der Waals surface area contributed by atoms with Crippen molar-refractivity contribution in [2.24, 2.45) is 0 Å². The Bertz CT molecular complexity index is 223. The van der Waals surface area contributed by atoms with Gasteiger partial charge in [0.05, 0.1) is 0 Å². The third-order valence-corrected chi connectivity index (χ3v) is 2.38. The molecule has 0 aromatic carbocycles. The molecule has 0 bridgehead atoms. The van der Waals surface area contributed by atoms with Crippen LogP contribution in [0, 0.1) is 0 Å². The summed E-state index contributed by atoms with van der Waals surface area (Å²) in [7, 11) is -3.95. The first-order chi connectivity index (χ1) is 4.95. The molecule has 0 fully saturated rings. The van der Waals surface area contributed by atoms with E-state index in [1.807, 2.05) is 6.92 Å². The Morgan fingerprint density at radius 1 is 1.73 bits per heavy atom. The van der Waals surface area contributed by atoms with Gasteiger partial charge in [0.25, 0.3) is 10.1 Å². The van der Waals surface area contributed by atoms with Gasteiger partial charge in [-0.05, 0) is 5.75 Å². The van der Waals surface area contributed by atoms with Gasteiger partial charge in [-0.15, -0.1) is 0 Å². The van der Waals surface area contributed by atoms with Gasteiger partial charge in [0.1, 0.15) is 10.2 Å². The summed E-state index contributed by atoms with van der Waals surface area (Å²) >= 11 is 6.01. The lowest BCUT2D eigenvalue weighted by Crippen LogP contribution is -2.25. The second-order valence-corrected chi connectivity index (χ2v) is 5.02. The van der Waals surface area contributed by atoms with Crippen LogP contribution in [0.15, 0.2) is 0 Å². The standard InChI is InChI=1S/C4H9NO3S3/c1-2-10-4(9)5-3-11(6,7)8/h2-3H2,1H3,(H,5,9)(H,6,7,8). The predicted octanol–water partition coefficient (Wildman–Crippen LogP) is 0.459. The number of thiocarbonyl (C=S) groups is 1. The Morgan fingerprint density at radius 2 is 2.27 bits per heavy atom. The lowest BCUT2D eigenvalue weighted by molar-refractivity contribution is 0.481. The molecule has 0 aliphatic rings. The van der Waals surface area contributed by atoms with Crippen molar-refractivity contribution in [2.75, 3.05) is 11.6 Å². The third-order valence-electron chi connectivity index (χ3n) is 0.674. The van der Waals surface area contributed by atoms with Crippen LogP contribution in [0.4, 0.5) is 0 Å². The minimum atomic E-state index is -3.95. The van der Waals surface area contributed by atoms with Crippen molar-refractivity contribution in [3.05, 3.63) is 0 Å². The maximum Gasteiger partial charge on any atom is 0.283 e. The third kappa shape index (κ3) is 8.05. The predicted molar refractivity (Wildman–Crippen MR) is 50.3 cm³/mol. The highest BCUT2D eigenvalue weighted by molar-refractivity contribution is 8.22. The molecule has 0 spiro atoms. The summed E-state index contributed by atoms with van der Waals surface area (Å²) in [6.07, 6.45) is 0. The summed E-state index contributed by atoms with van der Waals surface area (Å²) < 4.78 is 29.0. The number of nitrogens with one attached hydrogen (secondary N) is 1. The average molecular weight is 215 g/mol. The first-order valence-corrected chi connectivity index (χ1v) is 5.82. The first-order valence-electron chi connectivity index (χ1n) is 2.81. The van der Waals surface area contributed by atoms with E-state index in [2.05, 4.69) is 5.32 Å². The zero-order valence-electron chi connectivity index (χ0n) is 5.90. The van der Waals surface area contributed by atoms with Gasteiger partial charge in [0.2, 0.25) is 0 Å². The van der Waals surface area contributed by atoms with Gasteiger partial charge in [0.15, 0.2) is 0 Å². The van der Waals surface area contributed by atoms with E-state index in [-0.39, 0.29) is 0 Å². The van der Waals surface area contributed by atoms with Gasteiger partial charge >= 0.3 is 0 Å². The fourth-order valence-corrected chi connectivity index (χ4v) is 1.70. The second-order valence-electron chi connectivity index (χ2n) is 1.62. The normalized spacial score (nSPS) is 11.1. The van der Waals surface area contributed by atoms with Gasteiger partial charge in [-0.1, -0.05) is 30.9 Å². The minimum Gasteiger partial charge on any atom is -0.355 e. The number of rotatable bonds is 3. The molecule has 11 heavy (non-hydrogen) atoms. The van der Waals surface area contributed by atoms with Gasteiger partial charge in [-0.25, -0.2) is 0 Å². The molecular formula is C4H9NO3S3. The molecule has 4 nitrogen and oxygen atoms in total. The summed E-state index contributed by atoms with van der Waals surface area (Å²) in [5.41, 5.74) is 0. The van der Waals surface area contributed by atoms with E-state index < -0.39 is 16.0 Å². The monoisotopic (exact) mass is 215 g/mol. The molecule has 0 saturated carbocycles. The first kappa shape index (κ1) is 11.2. The van der Waals surface area contributed by atoms with Crippen molar-refractivity contribution >= 4 is 38.4 Å². The minimum absolute atomic E-state index is 0.380. The van der Waals surface area contributed by atoms with Crippen LogP contribution in [-0.2, 0) is 10.1 Å². The van der Waals surface area contributed by atoms with Crippen LogP contribution >= 0.6 is 24.0 Å². The molecule has 0 saturated heterocycles. The Morgan fingerprint density at radius 3 is 2.64 bits per heavy atom. The highest BCUT2D eigenvalue weighted by atomic mass is 32.2. The van der Waals surface area contributed by atoms with Crippen LogP contribution in [0.25, 0.3) is 0 Å².